The van der Waals surface area contributed by atoms with Gasteiger partial charge in [0.25, 0.3) is 0 Å². The average molecular weight is 284 g/mol. The largest absolute Gasteiger partial charge is 0.370 e. The van der Waals surface area contributed by atoms with Gasteiger partial charge in [0.2, 0.25) is 0 Å². The Hall–Kier alpha value is -2.13. The predicted octanol–water partition coefficient (Wildman–Crippen LogP) is 4.38. The second kappa shape index (κ2) is 5.47. The van der Waals surface area contributed by atoms with Crippen LogP contribution in [0.15, 0.2) is 48.8 Å². The Bertz CT molecular complexity index is 738. The summed E-state index contributed by atoms with van der Waals surface area (Å²) in [5.74, 6) is 0.875. The highest BCUT2D eigenvalue weighted by Gasteiger charge is 2.04. The first kappa shape index (κ1) is 12.9. The summed E-state index contributed by atoms with van der Waals surface area (Å²) >= 11 is 6.15. The monoisotopic (exact) mass is 283 g/mol. The Morgan fingerprint density at radius 2 is 2.00 bits per heavy atom. The number of aromatic nitrogens is 2. The highest BCUT2D eigenvalue weighted by atomic mass is 35.5. The fraction of sp³-hybridized carbons (Fsp3) is 0.125. The first-order valence-corrected chi connectivity index (χ1v) is 6.90. The number of fused-ring (bicyclic) bond motifs is 1. The highest BCUT2D eigenvalue weighted by molar-refractivity contribution is 6.35. The highest BCUT2D eigenvalue weighted by Crippen LogP contribution is 2.26. The number of pyridine rings is 2. The normalized spacial score (nSPS) is 10.7. The van der Waals surface area contributed by atoms with Gasteiger partial charge in [-0.15, -0.1) is 0 Å². The molecule has 20 heavy (non-hydrogen) atoms. The van der Waals surface area contributed by atoms with Crippen LogP contribution in [0.3, 0.4) is 0 Å². The third-order valence-corrected chi connectivity index (χ3v) is 3.46. The van der Waals surface area contributed by atoms with Crippen LogP contribution < -0.4 is 5.32 Å². The van der Waals surface area contributed by atoms with Gasteiger partial charge < -0.3 is 5.32 Å². The summed E-state index contributed by atoms with van der Waals surface area (Å²) in [6, 6.07) is 11.9. The van der Waals surface area contributed by atoms with E-state index >= 15 is 0 Å². The van der Waals surface area contributed by atoms with Crippen molar-refractivity contribution in [2.45, 2.75) is 6.92 Å². The molecule has 0 spiro atoms. The molecule has 1 aromatic carbocycles. The standard InChI is InChI=1S/C16H14ClN3/c1-2-18-16-7-6-12(9-20-16)15-8-11-4-3-5-14(17)13(11)10-19-15/h3-10H,2H2,1H3,(H,18,20). The molecule has 100 valence electrons. The van der Waals surface area contributed by atoms with Crippen LogP contribution in [0.25, 0.3) is 22.0 Å². The first-order valence-electron chi connectivity index (χ1n) is 6.52. The number of halogens is 1. The van der Waals surface area contributed by atoms with Gasteiger partial charge in [0.05, 0.1) is 5.69 Å². The molecule has 0 unspecified atom stereocenters. The maximum Gasteiger partial charge on any atom is 0.125 e. The molecule has 4 heteroatoms. The van der Waals surface area contributed by atoms with Crippen molar-refractivity contribution in [1.29, 1.82) is 0 Å². The lowest BCUT2D eigenvalue weighted by Crippen LogP contribution is -1.98. The van der Waals surface area contributed by atoms with Crippen LogP contribution in [0, 0.1) is 0 Å². The van der Waals surface area contributed by atoms with Crippen LogP contribution in [0.5, 0.6) is 0 Å². The SMILES string of the molecule is CCNc1ccc(-c2cc3cccc(Cl)c3cn2)cn1. The van der Waals surface area contributed by atoms with Gasteiger partial charge >= 0.3 is 0 Å². The van der Waals surface area contributed by atoms with Gasteiger partial charge in [0.1, 0.15) is 5.82 Å². The van der Waals surface area contributed by atoms with E-state index in [1.165, 1.54) is 0 Å². The first-order chi connectivity index (χ1) is 9.78. The zero-order valence-corrected chi connectivity index (χ0v) is 11.9. The Kier molecular flexibility index (Phi) is 3.52. The minimum absolute atomic E-state index is 0.724. The van der Waals surface area contributed by atoms with Crippen LogP contribution in [-0.2, 0) is 0 Å². The topological polar surface area (TPSA) is 37.8 Å². The average Bonchev–Trinajstić information content (AvgIpc) is 2.48. The molecule has 0 amide bonds. The Morgan fingerprint density at radius 3 is 2.75 bits per heavy atom. The van der Waals surface area contributed by atoms with E-state index in [0.717, 1.165) is 39.4 Å². The van der Waals surface area contributed by atoms with Crippen LogP contribution in [0.2, 0.25) is 5.02 Å². The third-order valence-electron chi connectivity index (χ3n) is 3.13. The molecule has 3 nitrogen and oxygen atoms in total. The van der Waals surface area contributed by atoms with Gasteiger partial charge in [-0.25, -0.2) is 4.98 Å². The fourth-order valence-electron chi connectivity index (χ4n) is 2.12. The lowest BCUT2D eigenvalue weighted by atomic mass is 10.1. The Labute approximate surface area is 122 Å². The van der Waals surface area contributed by atoms with E-state index in [1.54, 1.807) is 0 Å². The molecule has 0 radical (unpaired) electrons. The molecule has 0 fully saturated rings. The minimum atomic E-state index is 0.724. The molecule has 0 aliphatic heterocycles. The molecule has 0 atom stereocenters. The Balaban J connectivity index is 2.01. The van der Waals surface area contributed by atoms with E-state index in [9.17, 15) is 0 Å². The lowest BCUT2D eigenvalue weighted by Gasteiger charge is -2.06. The molecule has 0 saturated carbocycles. The van der Waals surface area contributed by atoms with E-state index in [4.69, 9.17) is 11.6 Å². The van der Waals surface area contributed by atoms with Crippen LogP contribution >= 0.6 is 11.6 Å². The fourth-order valence-corrected chi connectivity index (χ4v) is 2.35. The van der Waals surface area contributed by atoms with Crippen molar-refractivity contribution in [2.24, 2.45) is 0 Å². The van der Waals surface area contributed by atoms with Crippen LogP contribution in [0.1, 0.15) is 6.92 Å². The van der Waals surface area contributed by atoms with E-state index < -0.39 is 0 Å². The second-order valence-corrected chi connectivity index (χ2v) is 4.90. The number of nitrogens with zero attached hydrogens (tertiary/aromatic N) is 2. The number of rotatable bonds is 3. The molecule has 0 saturated heterocycles. The summed E-state index contributed by atoms with van der Waals surface area (Å²) in [6.45, 7) is 2.91. The molecule has 0 aliphatic rings. The van der Waals surface area contributed by atoms with Gasteiger partial charge in [-0.1, -0.05) is 23.7 Å². The number of hydrogen-bond acceptors (Lipinski definition) is 3. The number of anilines is 1. The molecular formula is C16H14ClN3. The minimum Gasteiger partial charge on any atom is -0.370 e. The van der Waals surface area contributed by atoms with Crippen molar-refractivity contribution in [3.63, 3.8) is 0 Å². The van der Waals surface area contributed by atoms with E-state index in [-0.39, 0.29) is 0 Å². The molecule has 2 aromatic heterocycles. The van der Waals surface area contributed by atoms with Crippen molar-refractivity contribution in [1.82, 2.24) is 9.97 Å². The Morgan fingerprint density at radius 1 is 1.10 bits per heavy atom. The number of hydrogen-bond donors (Lipinski definition) is 1. The van der Waals surface area contributed by atoms with E-state index in [2.05, 4.69) is 15.3 Å². The molecule has 3 rings (SSSR count). The zero-order chi connectivity index (χ0) is 13.9. The molecule has 0 bridgehead atoms. The second-order valence-electron chi connectivity index (χ2n) is 4.49. The molecular weight excluding hydrogens is 270 g/mol. The number of benzene rings is 1. The van der Waals surface area contributed by atoms with Gasteiger partial charge in [0, 0.05) is 34.9 Å². The maximum atomic E-state index is 6.15. The summed E-state index contributed by atoms with van der Waals surface area (Å²) in [4.78, 5) is 8.83. The molecule has 1 N–H and O–H groups in total. The van der Waals surface area contributed by atoms with Gasteiger partial charge in [-0.05, 0) is 36.6 Å². The lowest BCUT2D eigenvalue weighted by molar-refractivity contribution is 1.16. The van der Waals surface area contributed by atoms with Crippen molar-refractivity contribution < 1.29 is 0 Å². The van der Waals surface area contributed by atoms with Crippen LogP contribution in [0.4, 0.5) is 5.82 Å². The summed E-state index contributed by atoms with van der Waals surface area (Å²) in [7, 11) is 0. The van der Waals surface area contributed by atoms with E-state index in [0.29, 0.717) is 0 Å². The molecule has 0 aliphatic carbocycles. The van der Waals surface area contributed by atoms with Crippen LogP contribution in [-0.4, -0.2) is 16.5 Å². The smallest absolute Gasteiger partial charge is 0.125 e. The van der Waals surface area contributed by atoms with Gasteiger partial charge in [0.15, 0.2) is 0 Å². The summed E-state index contributed by atoms with van der Waals surface area (Å²) < 4.78 is 0. The molecule has 2 heterocycles. The molecule has 3 aromatic rings. The number of nitrogens with one attached hydrogen (secondary N) is 1. The van der Waals surface area contributed by atoms with Crippen molar-refractivity contribution >= 4 is 28.2 Å². The van der Waals surface area contributed by atoms with E-state index in [1.807, 2.05) is 55.7 Å². The predicted molar refractivity (Wildman–Crippen MR) is 84.1 cm³/mol. The quantitative estimate of drug-likeness (QED) is 0.775. The van der Waals surface area contributed by atoms with Crippen molar-refractivity contribution in [3.8, 4) is 11.3 Å². The van der Waals surface area contributed by atoms with Crippen molar-refractivity contribution in [3.05, 3.63) is 53.8 Å². The van der Waals surface area contributed by atoms with Crippen molar-refractivity contribution in [2.75, 3.05) is 11.9 Å². The third kappa shape index (κ3) is 2.45. The summed E-state index contributed by atoms with van der Waals surface area (Å²) in [5.41, 5.74) is 1.89. The van der Waals surface area contributed by atoms with Gasteiger partial charge in [-0.2, -0.15) is 0 Å². The zero-order valence-electron chi connectivity index (χ0n) is 11.1. The summed E-state index contributed by atoms with van der Waals surface area (Å²) in [5, 5.41) is 5.95. The summed E-state index contributed by atoms with van der Waals surface area (Å²) in [6.07, 6.45) is 3.64. The van der Waals surface area contributed by atoms with Gasteiger partial charge in [-0.3, -0.25) is 4.98 Å². The maximum absolute atomic E-state index is 6.15.